The Morgan fingerprint density at radius 2 is 1.82 bits per heavy atom. The first-order chi connectivity index (χ1) is 10.7. The molecule has 0 aliphatic carbocycles. The third-order valence-electron chi connectivity index (χ3n) is 3.76. The van der Waals surface area contributed by atoms with Crippen molar-refractivity contribution in [2.45, 2.75) is 65.2 Å². The molecule has 0 N–H and O–H groups in total. The Kier molecular flexibility index (Phi) is 9.36. The van der Waals surface area contributed by atoms with Crippen LogP contribution in [-0.4, -0.2) is 19.2 Å². The van der Waals surface area contributed by atoms with Crippen LogP contribution in [0.4, 0.5) is 0 Å². The van der Waals surface area contributed by atoms with Crippen molar-refractivity contribution < 1.29 is 14.3 Å². The second-order valence-electron chi connectivity index (χ2n) is 5.66. The highest BCUT2D eigenvalue weighted by molar-refractivity contribution is 5.77. The van der Waals surface area contributed by atoms with Gasteiger partial charge in [0.25, 0.3) is 0 Å². The van der Waals surface area contributed by atoms with E-state index in [2.05, 4.69) is 6.92 Å². The Hall–Kier alpha value is -1.51. The Morgan fingerprint density at radius 3 is 2.55 bits per heavy atom. The van der Waals surface area contributed by atoms with E-state index in [0.717, 1.165) is 24.2 Å². The lowest BCUT2D eigenvalue weighted by Crippen LogP contribution is -2.14. The van der Waals surface area contributed by atoms with Crippen LogP contribution in [0.5, 0.6) is 5.75 Å². The molecular weight excluding hydrogens is 276 g/mol. The summed E-state index contributed by atoms with van der Waals surface area (Å²) in [4.78, 5) is 12.1. The van der Waals surface area contributed by atoms with Gasteiger partial charge < -0.3 is 9.47 Å². The van der Waals surface area contributed by atoms with Crippen LogP contribution in [0.1, 0.15) is 70.8 Å². The first-order valence-electron chi connectivity index (χ1n) is 8.58. The Balaban J connectivity index is 2.31. The number of esters is 1. The number of hydrogen-bond donors (Lipinski definition) is 0. The largest absolute Gasteiger partial charge is 0.494 e. The lowest BCUT2D eigenvalue weighted by Gasteiger charge is -2.13. The molecule has 3 nitrogen and oxygen atoms in total. The molecule has 0 spiro atoms. The SMILES string of the molecule is CCCCCCCCOC(=O)C(C)c1cccc(OCC)c1. The molecule has 1 aromatic carbocycles. The molecule has 22 heavy (non-hydrogen) atoms. The zero-order chi connectivity index (χ0) is 16.2. The van der Waals surface area contributed by atoms with Gasteiger partial charge in [0.2, 0.25) is 0 Å². The molecular formula is C19H30O3. The average Bonchev–Trinajstić information content (AvgIpc) is 2.53. The van der Waals surface area contributed by atoms with Crippen LogP contribution >= 0.6 is 0 Å². The molecule has 0 bridgehead atoms. The highest BCUT2D eigenvalue weighted by atomic mass is 16.5. The van der Waals surface area contributed by atoms with Gasteiger partial charge in [-0.3, -0.25) is 4.79 Å². The summed E-state index contributed by atoms with van der Waals surface area (Å²) in [6, 6.07) is 7.68. The van der Waals surface area contributed by atoms with E-state index in [1.807, 2.05) is 38.1 Å². The third kappa shape index (κ3) is 6.97. The number of unbranched alkanes of at least 4 members (excludes halogenated alkanes) is 5. The van der Waals surface area contributed by atoms with Crippen molar-refractivity contribution in [3.05, 3.63) is 29.8 Å². The van der Waals surface area contributed by atoms with Crippen molar-refractivity contribution in [3.8, 4) is 5.75 Å². The Bertz CT molecular complexity index is 428. The highest BCUT2D eigenvalue weighted by Crippen LogP contribution is 2.22. The van der Waals surface area contributed by atoms with Crippen LogP contribution in [0.3, 0.4) is 0 Å². The van der Waals surface area contributed by atoms with E-state index in [1.54, 1.807) is 0 Å². The second-order valence-corrected chi connectivity index (χ2v) is 5.66. The second kappa shape index (κ2) is 11.1. The predicted molar refractivity (Wildman–Crippen MR) is 90.4 cm³/mol. The Morgan fingerprint density at radius 1 is 1.09 bits per heavy atom. The normalized spacial score (nSPS) is 12.0. The molecule has 0 aromatic heterocycles. The summed E-state index contributed by atoms with van der Waals surface area (Å²) in [6.45, 7) is 7.20. The standard InChI is InChI=1S/C19H30O3/c1-4-6-7-8-9-10-14-22-19(20)16(3)17-12-11-13-18(15-17)21-5-2/h11-13,15-16H,4-10,14H2,1-3H3. The molecule has 0 fully saturated rings. The van der Waals surface area contributed by atoms with Crippen molar-refractivity contribution >= 4 is 5.97 Å². The molecule has 0 aliphatic rings. The maximum absolute atomic E-state index is 12.1. The molecule has 0 heterocycles. The summed E-state index contributed by atoms with van der Waals surface area (Å²) >= 11 is 0. The molecule has 0 amide bonds. The number of carbonyl (C=O) groups is 1. The van der Waals surface area contributed by atoms with Gasteiger partial charge in [-0.15, -0.1) is 0 Å². The minimum Gasteiger partial charge on any atom is -0.494 e. The third-order valence-corrected chi connectivity index (χ3v) is 3.76. The van der Waals surface area contributed by atoms with Crippen molar-refractivity contribution in [3.63, 3.8) is 0 Å². The first-order valence-corrected chi connectivity index (χ1v) is 8.58. The molecule has 0 saturated heterocycles. The zero-order valence-corrected chi connectivity index (χ0v) is 14.3. The summed E-state index contributed by atoms with van der Waals surface area (Å²) in [7, 11) is 0. The van der Waals surface area contributed by atoms with Gasteiger partial charge in [-0.1, -0.05) is 51.2 Å². The molecule has 1 unspecified atom stereocenters. The highest BCUT2D eigenvalue weighted by Gasteiger charge is 2.17. The number of carbonyl (C=O) groups excluding carboxylic acids is 1. The van der Waals surface area contributed by atoms with Gasteiger partial charge in [0.05, 0.1) is 19.1 Å². The number of hydrogen-bond acceptors (Lipinski definition) is 3. The van der Waals surface area contributed by atoms with Crippen LogP contribution in [0, 0.1) is 0 Å². The van der Waals surface area contributed by atoms with Gasteiger partial charge in [-0.25, -0.2) is 0 Å². The molecule has 0 saturated carbocycles. The van der Waals surface area contributed by atoms with Crippen LogP contribution in [0.2, 0.25) is 0 Å². The summed E-state index contributed by atoms with van der Waals surface area (Å²) in [5.74, 6) is 0.401. The van der Waals surface area contributed by atoms with Gasteiger partial charge in [-0.2, -0.15) is 0 Å². The van der Waals surface area contributed by atoms with Gasteiger partial charge in [-0.05, 0) is 38.0 Å². The summed E-state index contributed by atoms with van der Waals surface area (Å²) in [5.41, 5.74) is 0.943. The summed E-state index contributed by atoms with van der Waals surface area (Å²) in [6.07, 6.45) is 7.17. The molecule has 3 heteroatoms. The maximum atomic E-state index is 12.1. The molecule has 1 rings (SSSR count). The van der Waals surface area contributed by atoms with Crippen molar-refractivity contribution in [1.82, 2.24) is 0 Å². The van der Waals surface area contributed by atoms with Gasteiger partial charge in [0, 0.05) is 0 Å². The van der Waals surface area contributed by atoms with E-state index in [9.17, 15) is 4.79 Å². The monoisotopic (exact) mass is 306 g/mol. The van der Waals surface area contributed by atoms with Gasteiger partial charge >= 0.3 is 5.97 Å². The van der Waals surface area contributed by atoms with E-state index in [4.69, 9.17) is 9.47 Å². The lowest BCUT2D eigenvalue weighted by atomic mass is 10.0. The average molecular weight is 306 g/mol. The van der Waals surface area contributed by atoms with Crippen molar-refractivity contribution in [2.75, 3.05) is 13.2 Å². The van der Waals surface area contributed by atoms with E-state index >= 15 is 0 Å². The Labute approximate surface area is 135 Å². The topological polar surface area (TPSA) is 35.5 Å². The van der Waals surface area contributed by atoms with Crippen molar-refractivity contribution in [1.29, 1.82) is 0 Å². The van der Waals surface area contributed by atoms with E-state index in [1.165, 1.54) is 25.7 Å². The molecule has 1 aromatic rings. The summed E-state index contributed by atoms with van der Waals surface area (Å²) < 4.78 is 10.9. The summed E-state index contributed by atoms with van der Waals surface area (Å²) in [5, 5.41) is 0. The lowest BCUT2D eigenvalue weighted by molar-refractivity contribution is -0.145. The van der Waals surface area contributed by atoms with Crippen LogP contribution in [-0.2, 0) is 9.53 Å². The van der Waals surface area contributed by atoms with Crippen LogP contribution in [0.15, 0.2) is 24.3 Å². The van der Waals surface area contributed by atoms with Crippen LogP contribution < -0.4 is 4.74 Å². The van der Waals surface area contributed by atoms with Gasteiger partial charge in [0.15, 0.2) is 0 Å². The first kappa shape index (κ1) is 18.5. The minimum absolute atomic E-state index is 0.151. The fourth-order valence-corrected chi connectivity index (χ4v) is 2.36. The smallest absolute Gasteiger partial charge is 0.313 e. The number of rotatable bonds is 11. The zero-order valence-electron chi connectivity index (χ0n) is 14.3. The van der Waals surface area contributed by atoms with E-state index < -0.39 is 0 Å². The van der Waals surface area contributed by atoms with E-state index in [-0.39, 0.29) is 11.9 Å². The number of ether oxygens (including phenoxy) is 2. The van der Waals surface area contributed by atoms with Crippen molar-refractivity contribution in [2.24, 2.45) is 0 Å². The predicted octanol–water partition coefficient (Wildman–Crippen LogP) is 5.09. The molecule has 0 radical (unpaired) electrons. The van der Waals surface area contributed by atoms with Crippen LogP contribution in [0.25, 0.3) is 0 Å². The molecule has 124 valence electrons. The fraction of sp³-hybridized carbons (Fsp3) is 0.632. The molecule has 1 atom stereocenters. The van der Waals surface area contributed by atoms with Gasteiger partial charge in [0.1, 0.15) is 5.75 Å². The maximum Gasteiger partial charge on any atom is 0.313 e. The minimum atomic E-state index is -0.250. The number of benzene rings is 1. The molecule has 0 aliphatic heterocycles. The quantitative estimate of drug-likeness (QED) is 0.422. The van der Waals surface area contributed by atoms with E-state index in [0.29, 0.717) is 13.2 Å². The fourth-order valence-electron chi connectivity index (χ4n) is 2.36.